The van der Waals surface area contributed by atoms with Crippen LogP contribution in [-0.2, 0) is 37.3 Å². The van der Waals surface area contributed by atoms with E-state index in [1.54, 1.807) is 0 Å². The number of sulfonamides is 1. The third kappa shape index (κ3) is 6.92. The SMILES string of the molecule is Cc1cc(CNC(=O)OC(C)(C)C)ccc1CCS(=O)(=O)N1CCC2(CC1)N=C(C1CCOCC1)NC2=O. The van der Waals surface area contributed by atoms with E-state index < -0.39 is 27.3 Å². The lowest BCUT2D eigenvalue weighted by Gasteiger charge is -2.34. The minimum Gasteiger partial charge on any atom is -0.444 e. The fourth-order valence-corrected chi connectivity index (χ4v) is 6.66. The number of alkyl carbamates (subject to hydrolysis) is 1. The highest BCUT2D eigenvalue weighted by atomic mass is 32.2. The topological polar surface area (TPSA) is 126 Å². The lowest BCUT2D eigenvalue weighted by Crippen LogP contribution is -2.51. The quantitative estimate of drug-likeness (QED) is 0.540. The van der Waals surface area contributed by atoms with Crippen molar-refractivity contribution in [3.05, 3.63) is 34.9 Å². The zero-order valence-electron chi connectivity index (χ0n) is 22.8. The summed E-state index contributed by atoms with van der Waals surface area (Å²) >= 11 is 0. The monoisotopic (exact) mass is 548 g/mol. The minimum atomic E-state index is -3.48. The number of rotatable bonds is 7. The van der Waals surface area contributed by atoms with Crippen LogP contribution in [0, 0.1) is 12.8 Å². The molecule has 10 nitrogen and oxygen atoms in total. The zero-order valence-corrected chi connectivity index (χ0v) is 23.7. The van der Waals surface area contributed by atoms with Crippen LogP contribution < -0.4 is 10.6 Å². The van der Waals surface area contributed by atoms with Gasteiger partial charge in [-0.2, -0.15) is 0 Å². The Kier molecular flexibility index (Phi) is 8.49. The highest BCUT2D eigenvalue weighted by molar-refractivity contribution is 7.89. The predicted octanol–water partition coefficient (Wildman–Crippen LogP) is 2.68. The molecule has 2 fully saturated rings. The fourth-order valence-electron chi connectivity index (χ4n) is 5.18. The summed E-state index contributed by atoms with van der Waals surface area (Å²) in [5, 5.41) is 5.72. The molecule has 1 aromatic carbocycles. The van der Waals surface area contributed by atoms with Crippen LogP contribution >= 0.6 is 0 Å². The number of ether oxygens (including phenoxy) is 2. The van der Waals surface area contributed by atoms with Crippen LogP contribution in [0.2, 0.25) is 0 Å². The van der Waals surface area contributed by atoms with Crippen LogP contribution in [0.1, 0.15) is 63.1 Å². The van der Waals surface area contributed by atoms with E-state index in [4.69, 9.17) is 14.5 Å². The molecule has 3 aliphatic heterocycles. The molecule has 11 heteroatoms. The van der Waals surface area contributed by atoms with Crippen molar-refractivity contribution in [2.75, 3.05) is 32.1 Å². The number of aliphatic imine (C=N–C) groups is 1. The molecule has 0 aliphatic carbocycles. The van der Waals surface area contributed by atoms with E-state index in [0.717, 1.165) is 35.4 Å². The van der Waals surface area contributed by atoms with E-state index >= 15 is 0 Å². The summed E-state index contributed by atoms with van der Waals surface area (Å²) in [7, 11) is -3.48. The number of amides is 2. The summed E-state index contributed by atoms with van der Waals surface area (Å²) in [5.74, 6) is 0.846. The summed E-state index contributed by atoms with van der Waals surface area (Å²) in [5.41, 5.74) is 1.42. The maximum atomic E-state index is 13.1. The maximum absolute atomic E-state index is 13.1. The number of nitrogens with zero attached hydrogens (tertiary/aromatic N) is 2. The molecule has 2 amide bonds. The summed E-state index contributed by atoms with van der Waals surface area (Å²) in [6, 6.07) is 5.76. The van der Waals surface area contributed by atoms with Gasteiger partial charge in [0.05, 0.1) is 5.75 Å². The first-order valence-corrected chi connectivity index (χ1v) is 15.0. The molecule has 2 N–H and O–H groups in total. The number of hydrogen-bond donors (Lipinski definition) is 2. The Balaban J connectivity index is 1.29. The van der Waals surface area contributed by atoms with Gasteiger partial charge in [0, 0.05) is 38.8 Å². The van der Waals surface area contributed by atoms with Crippen LogP contribution in [0.15, 0.2) is 23.2 Å². The molecule has 3 heterocycles. The second kappa shape index (κ2) is 11.3. The molecule has 4 rings (SSSR count). The number of amidine groups is 1. The first-order chi connectivity index (χ1) is 17.9. The molecule has 1 aromatic rings. The van der Waals surface area contributed by atoms with Crippen molar-refractivity contribution in [1.82, 2.24) is 14.9 Å². The highest BCUT2D eigenvalue weighted by Crippen LogP contribution is 2.33. The van der Waals surface area contributed by atoms with Crippen LogP contribution in [0.5, 0.6) is 0 Å². The van der Waals surface area contributed by atoms with Gasteiger partial charge in [-0.25, -0.2) is 17.5 Å². The summed E-state index contributed by atoms with van der Waals surface area (Å²) < 4.78 is 38.5. The van der Waals surface area contributed by atoms with Gasteiger partial charge < -0.3 is 20.1 Å². The molecule has 3 aliphatic rings. The summed E-state index contributed by atoms with van der Waals surface area (Å²) in [6.07, 6.45) is 2.38. The van der Waals surface area contributed by atoms with Crippen molar-refractivity contribution in [3.8, 4) is 0 Å². The zero-order chi connectivity index (χ0) is 27.6. The number of nitrogens with one attached hydrogen (secondary N) is 2. The van der Waals surface area contributed by atoms with Crippen LogP contribution in [0.3, 0.4) is 0 Å². The summed E-state index contributed by atoms with van der Waals surface area (Å²) in [6.45, 7) is 9.62. The average Bonchev–Trinajstić information content (AvgIpc) is 3.17. The van der Waals surface area contributed by atoms with Gasteiger partial charge in [0.1, 0.15) is 17.0 Å². The lowest BCUT2D eigenvalue weighted by molar-refractivity contribution is -0.125. The second-order valence-electron chi connectivity index (χ2n) is 11.5. The number of benzene rings is 1. The molecule has 2 saturated heterocycles. The van der Waals surface area contributed by atoms with Crippen LogP contribution in [-0.4, -0.2) is 73.8 Å². The number of piperidine rings is 1. The fraction of sp³-hybridized carbons (Fsp3) is 0.667. The Hall–Kier alpha value is -2.50. The first-order valence-electron chi connectivity index (χ1n) is 13.4. The van der Waals surface area contributed by atoms with Crippen molar-refractivity contribution in [2.45, 2.75) is 77.5 Å². The molecule has 38 heavy (non-hydrogen) atoms. The minimum absolute atomic E-state index is 0.000860. The predicted molar refractivity (Wildman–Crippen MR) is 144 cm³/mol. The van der Waals surface area contributed by atoms with Crippen molar-refractivity contribution in [1.29, 1.82) is 0 Å². The summed E-state index contributed by atoms with van der Waals surface area (Å²) in [4.78, 5) is 29.5. The normalized spacial score (nSPS) is 20.7. The largest absolute Gasteiger partial charge is 0.444 e. The van der Waals surface area contributed by atoms with Gasteiger partial charge in [0.2, 0.25) is 10.0 Å². The van der Waals surface area contributed by atoms with Gasteiger partial charge in [-0.05, 0) is 76.5 Å². The smallest absolute Gasteiger partial charge is 0.407 e. The molecule has 0 atom stereocenters. The second-order valence-corrected chi connectivity index (χ2v) is 13.5. The number of carbonyl (C=O) groups excluding carboxylic acids is 2. The molecular weight excluding hydrogens is 508 g/mol. The van der Waals surface area contributed by atoms with Gasteiger partial charge in [0.15, 0.2) is 0 Å². The Bertz CT molecular complexity index is 1180. The van der Waals surface area contributed by atoms with Crippen molar-refractivity contribution in [3.63, 3.8) is 0 Å². The third-order valence-electron chi connectivity index (χ3n) is 7.42. The van der Waals surface area contributed by atoms with Crippen LogP contribution in [0.25, 0.3) is 0 Å². The number of carbonyl (C=O) groups is 2. The van der Waals surface area contributed by atoms with E-state index in [-0.39, 0.29) is 30.7 Å². The molecular formula is C27H40N4O6S. The first kappa shape index (κ1) is 28.5. The molecule has 0 saturated carbocycles. The van der Waals surface area contributed by atoms with E-state index in [1.807, 2.05) is 45.9 Å². The van der Waals surface area contributed by atoms with Gasteiger partial charge in [-0.3, -0.25) is 9.79 Å². The average molecular weight is 549 g/mol. The van der Waals surface area contributed by atoms with Crippen LogP contribution in [0.4, 0.5) is 4.79 Å². The Morgan fingerprint density at radius 1 is 1.24 bits per heavy atom. The van der Waals surface area contributed by atoms with Crippen molar-refractivity contribution >= 4 is 27.9 Å². The Morgan fingerprint density at radius 3 is 2.55 bits per heavy atom. The molecule has 0 aromatic heterocycles. The number of hydrogen-bond acceptors (Lipinski definition) is 7. The van der Waals surface area contributed by atoms with Crippen molar-refractivity contribution < 1.29 is 27.5 Å². The molecule has 0 bridgehead atoms. The molecule has 210 valence electrons. The standard InChI is InChI=1S/C27H40N4O6S/c1-19-17-20(18-28-25(33)37-26(2,3)4)5-6-21(19)9-16-38(34,35)31-12-10-27(11-13-31)24(32)29-23(30-27)22-7-14-36-15-8-22/h5-6,17,22H,7-16,18H2,1-4H3,(H,28,33)(H,29,30,32). The van der Waals surface area contributed by atoms with Crippen molar-refractivity contribution in [2.24, 2.45) is 10.9 Å². The Labute approximate surface area is 225 Å². The van der Waals surface area contributed by atoms with E-state index in [1.165, 1.54) is 4.31 Å². The van der Waals surface area contributed by atoms with E-state index in [9.17, 15) is 18.0 Å². The maximum Gasteiger partial charge on any atom is 0.407 e. The highest BCUT2D eigenvalue weighted by Gasteiger charge is 2.48. The third-order valence-corrected chi connectivity index (χ3v) is 9.29. The van der Waals surface area contributed by atoms with Gasteiger partial charge in [0.25, 0.3) is 5.91 Å². The molecule has 0 radical (unpaired) electrons. The Morgan fingerprint density at radius 2 is 1.92 bits per heavy atom. The van der Waals surface area contributed by atoms with Gasteiger partial charge >= 0.3 is 6.09 Å². The lowest BCUT2D eigenvalue weighted by atomic mass is 9.89. The molecule has 1 spiro atoms. The molecule has 0 unspecified atom stereocenters. The van der Waals surface area contributed by atoms with E-state index in [0.29, 0.717) is 39.0 Å². The van der Waals surface area contributed by atoms with Gasteiger partial charge in [-0.15, -0.1) is 0 Å². The number of aryl methyl sites for hydroxylation is 2. The van der Waals surface area contributed by atoms with Gasteiger partial charge in [-0.1, -0.05) is 18.2 Å². The van der Waals surface area contributed by atoms with E-state index in [2.05, 4.69) is 10.6 Å².